The van der Waals surface area contributed by atoms with E-state index in [0.29, 0.717) is 0 Å². The van der Waals surface area contributed by atoms with E-state index in [2.05, 4.69) is 0 Å². The van der Waals surface area contributed by atoms with Crippen molar-refractivity contribution in [3.8, 4) is 0 Å². The highest BCUT2D eigenvalue weighted by Gasteiger charge is 1.93. The average Bonchev–Trinajstić information content (AvgIpc) is 1.88. The molecule has 3 N–H and O–H groups in total. The quantitative estimate of drug-likeness (QED) is 0.503. The van der Waals surface area contributed by atoms with Crippen LogP contribution in [0.2, 0.25) is 0 Å². The first-order valence-electron chi connectivity index (χ1n) is 2.24. The number of aliphatic hydroxyl groups is 3. The number of hydrogen-bond donors (Lipinski definition) is 3. The van der Waals surface area contributed by atoms with Gasteiger partial charge in [0.15, 0.2) is 0 Å². The third-order valence-electron chi connectivity index (χ3n) is 0.421. The summed E-state index contributed by atoms with van der Waals surface area (Å²) in [6.07, 6.45) is -0.954. The number of rotatable bonds is 2. The van der Waals surface area contributed by atoms with Crippen molar-refractivity contribution in [1.82, 2.24) is 0 Å². The molecule has 0 aromatic carbocycles. The van der Waals surface area contributed by atoms with Crippen LogP contribution in [-0.2, 0) is 0 Å². The zero-order valence-corrected chi connectivity index (χ0v) is 7.72. The summed E-state index contributed by atoms with van der Waals surface area (Å²) < 4.78 is 0. The van der Waals surface area contributed by atoms with Crippen LogP contribution in [0.15, 0.2) is 0 Å². The minimum absolute atomic E-state index is 0.365. The zero-order valence-electron chi connectivity index (χ0n) is 4.80. The molecular weight excluding hydrogens is 179 g/mol. The average molecular weight is 187 g/mol. The maximum absolute atomic E-state index is 8.17. The molecule has 0 bridgehead atoms. The van der Waals surface area contributed by atoms with Crippen LogP contribution in [0.3, 0.4) is 0 Å². The molecular formula is C3H8Cl2MgO3. The van der Waals surface area contributed by atoms with Crippen molar-refractivity contribution < 1.29 is 15.3 Å². The predicted octanol–water partition coefficient (Wildman–Crippen LogP) is -0.670. The Morgan fingerprint density at radius 3 is 1.44 bits per heavy atom. The zero-order chi connectivity index (χ0) is 7.70. The Hall–Kier alpha value is 1.23. The molecule has 0 saturated carbocycles. The first-order valence-corrected chi connectivity index (χ1v) is 6.52. The lowest BCUT2D eigenvalue weighted by Gasteiger charge is -1.96. The van der Waals surface area contributed by atoms with E-state index in [1.54, 1.807) is 0 Å². The summed E-state index contributed by atoms with van der Waals surface area (Å²) >= 11 is -0.639. The van der Waals surface area contributed by atoms with Gasteiger partial charge < -0.3 is 33.5 Å². The third kappa shape index (κ3) is 17.6. The molecule has 0 amide bonds. The SMILES string of the molecule is OCC(O)CO.[Cl][Mg][Cl]. The van der Waals surface area contributed by atoms with Crippen molar-refractivity contribution in [2.24, 2.45) is 0 Å². The van der Waals surface area contributed by atoms with Crippen LogP contribution in [0.5, 0.6) is 0 Å². The molecule has 0 unspecified atom stereocenters. The first kappa shape index (κ1) is 12.9. The molecule has 0 radical (unpaired) electrons. The van der Waals surface area contributed by atoms with Crippen LogP contribution in [0.1, 0.15) is 0 Å². The van der Waals surface area contributed by atoms with Crippen LogP contribution in [0.25, 0.3) is 0 Å². The van der Waals surface area contributed by atoms with Crippen LogP contribution in [0, 0.1) is 0 Å². The highest BCUT2D eigenvalue weighted by molar-refractivity contribution is 7.22. The maximum Gasteiger partial charge on any atom is 0.618 e. The summed E-state index contributed by atoms with van der Waals surface area (Å²) in [5, 5.41) is 24.0. The van der Waals surface area contributed by atoms with Gasteiger partial charge in [-0.1, -0.05) is 0 Å². The molecule has 3 nitrogen and oxygen atoms in total. The Bertz CT molecular complexity index is 44.0. The van der Waals surface area contributed by atoms with Gasteiger partial charge >= 0.3 is 18.2 Å². The highest BCUT2D eigenvalue weighted by atomic mass is 35.6. The second kappa shape index (κ2) is 12.0. The van der Waals surface area contributed by atoms with Crippen LogP contribution in [0.4, 0.5) is 0 Å². The normalized spacial score (nSPS) is 7.78. The van der Waals surface area contributed by atoms with Crippen LogP contribution < -0.4 is 0 Å². The molecule has 0 saturated heterocycles. The van der Waals surface area contributed by atoms with Gasteiger partial charge in [0.05, 0.1) is 13.2 Å². The predicted molar refractivity (Wildman–Crippen MR) is 37.6 cm³/mol. The minimum Gasteiger partial charge on any atom is -0.394 e. The Balaban J connectivity index is 0. The Morgan fingerprint density at radius 1 is 1.22 bits per heavy atom. The van der Waals surface area contributed by atoms with Crippen molar-refractivity contribution in [2.45, 2.75) is 6.10 Å². The summed E-state index contributed by atoms with van der Waals surface area (Å²) in [5.41, 5.74) is 0. The standard InChI is InChI=1S/C3H8O3.2ClH.Mg/c4-1-3(6)2-5;;;/h3-6H,1-2H2;2*1H;/q;;;+2/p-2. The van der Waals surface area contributed by atoms with Crippen molar-refractivity contribution in [3.05, 3.63) is 0 Å². The van der Waals surface area contributed by atoms with Gasteiger partial charge in [-0.15, -0.1) is 0 Å². The minimum atomic E-state index is -0.954. The van der Waals surface area contributed by atoms with Gasteiger partial charge in [-0.05, 0) is 0 Å². The molecule has 0 spiro atoms. The summed E-state index contributed by atoms with van der Waals surface area (Å²) in [4.78, 5) is 0. The van der Waals surface area contributed by atoms with E-state index in [1.165, 1.54) is 0 Å². The van der Waals surface area contributed by atoms with Gasteiger partial charge in [0.1, 0.15) is 6.10 Å². The lowest BCUT2D eigenvalue weighted by atomic mass is 10.4. The second-order valence-electron chi connectivity index (χ2n) is 1.12. The molecule has 6 heteroatoms. The highest BCUT2D eigenvalue weighted by Crippen LogP contribution is 1.71. The van der Waals surface area contributed by atoms with E-state index < -0.39 is 24.3 Å². The molecule has 0 heterocycles. The van der Waals surface area contributed by atoms with E-state index in [-0.39, 0.29) is 13.2 Å². The monoisotopic (exact) mass is 186 g/mol. The molecule has 0 atom stereocenters. The van der Waals surface area contributed by atoms with E-state index in [4.69, 9.17) is 33.5 Å². The smallest absolute Gasteiger partial charge is 0.394 e. The molecule has 0 aliphatic rings. The molecule has 54 valence electrons. The lowest BCUT2D eigenvalue weighted by Crippen LogP contribution is -2.15. The fourth-order valence-electron chi connectivity index (χ4n) is 0.0577. The Labute approximate surface area is 70.9 Å². The van der Waals surface area contributed by atoms with Crippen molar-refractivity contribution >= 4 is 36.3 Å². The maximum atomic E-state index is 8.17. The summed E-state index contributed by atoms with van der Waals surface area (Å²) in [6.45, 7) is -0.729. The topological polar surface area (TPSA) is 60.7 Å². The van der Waals surface area contributed by atoms with Gasteiger partial charge in [0.2, 0.25) is 0 Å². The van der Waals surface area contributed by atoms with E-state index in [1.807, 2.05) is 0 Å². The van der Waals surface area contributed by atoms with Crippen LogP contribution >= 0.6 is 18.1 Å². The summed E-state index contributed by atoms with van der Waals surface area (Å²) in [5.74, 6) is 0. The Kier molecular flexibility index (Phi) is 17.1. The summed E-state index contributed by atoms with van der Waals surface area (Å²) in [7, 11) is 9.81. The molecule has 0 aliphatic carbocycles. The fourth-order valence-corrected chi connectivity index (χ4v) is 0.0577. The molecule has 0 rings (SSSR count). The Morgan fingerprint density at radius 2 is 1.44 bits per heavy atom. The van der Waals surface area contributed by atoms with E-state index >= 15 is 0 Å². The largest absolute Gasteiger partial charge is 0.618 e. The van der Waals surface area contributed by atoms with E-state index in [0.717, 1.165) is 0 Å². The van der Waals surface area contributed by atoms with Gasteiger partial charge in [0, 0.05) is 0 Å². The molecule has 0 aromatic heterocycles. The van der Waals surface area contributed by atoms with Crippen molar-refractivity contribution in [2.75, 3.05) is 13.2 Å². The van der Waals surface area contributed by atoms with Gasteiger partial charge in [-0.25, -0.2) is 0 Å². The second-order valence-corrected chi connectivity index (χ2v) is 3.75. The van der Waals surface area contributed by atoms with Crippen LogP contribution in [-0.4, -0.2) is 52.8 Å². The van der Waals surface area contributed by atoms with Crippen molar-refractivity contribution in [3.63, 3.8) is 0 Å². The number of halogens is 2. The van der Waals surface area contributed by atoms with Gasteiger partial charge in [0.25, 0.3) is 0 Å². The lowest BCUT2D eigenvalue weighted by molar-refractivity contribution is 0.0450. The first-order chi connectivity index (χ1) is 4.22. The molecule has 0 fully saturated rings. The van der Waals surface area contributed by atoms with Gasteiger partial charge in [-0.2, -0.15) is 0 Å². The van der Waals surface area contributed by atoms with Crippen molar-refractivity contribution in [1.29, 1.82) is 0 Å². The number of aliphatic hydroxyl groups excluding tert-OH is 3. The van der Waals surface area contributed by atoms with E-state index in [9.17, 15) is 0 Å². The fraction of sp³-hybridized carbons (Fsp3) is 1.00. The third-order valence-corrected chi connectivity index (χ3v) is 0.421. The number of hydrogen-bond acceptors (Lipinski definition) is 3. The molecule has 0 aliphatic heterocycles. The van der Waals surface area contributed by atoms with Gasteiger partial charge in [-0.3, -0.25) is 0 Å². The molecule has 9 heavy (non-hydrogen) atoms. The molecule has 0 aromatic rings. The summed E-state index contributed by atoms with van der Waals surface area (Å²) in [6, 6.07) is 0.